The van der Waals surface area contributed by atoms with Gasteiger partial charge >= 0.3 is 5.97 Å². The van der Waals surface area contributed by atoms with Crippen LogP contribution in [0.25, 0.3) is 0 Å². The molecular weight excluding hydrogens is 308 g/mol. The smallest absolute Gasteiger partial charge is 0.337 e. The van der Waals surface area contributed by atoms with Crippen LogP contribution >= 0.6 is 15.9 Å². The predicted octanol–water partition coefficient (Wildman–Crippen LogP) is 3.90. The number of halogens is 1. The molecule has 1 aromatic carbocycles. The predicted molar refractivity (Wildman–Crippen MR) is 78.1 cm³/mol. The molecule has 2 rings (SSSR count). The van der Waals surface area contributed by atoms with Gasteiger partial charge in [-0.2, -0.15) is 0 Å². The second-order valence-corrected chi connectivity index (χ2v) is 5.10. The first-order valence-corrected chi connectivity index (χ1v) is 6.51. The van der Waals surface area contributed by atoms with Gasteiger partial charge in [0.1, 0.15) is 5.82 Å². The van der Waals surface area contributed by atoms with E-state index < -0.39 is 5.97 Å². The van der Waals surface area contributed by atoms with Crippen LogP contribution in [0.3, 0.4) is 0 Å². The van der Waals surface area contributed by atoms with Crippen molar-refractivity contribution in [3.05, 3.63) is 51.6 Å². The summed E-state index contributed by atoms with van der Waals surface area (Å²) in [6.07, 6.45) is 0. The highest BCUT2D eigenvalue weighted by atomic mass is 79.9. The highest BCUT2D eigenvalue weighted by molar-refractivity contribution is 9.10. The van der Waals surface area contributed by atoms with Gasteiger partial charge in [0.05, 0.1) is 16.9 Å². The van der Waals surface area contributed by atoms with Crippen molar-refractivity contribution in [1.82, 2.24) is 4.98 Å². The second-order valence-electron chi connectivity index (χ2n) is 4.24. The number of hydrogen-bond acceptors (Lipinski definition) is 3. The van der Waals surface area contributed by atoms with Gasteiger partial charge in [0.15, 0.2) is 0 Å². The molecule has 0 aliphatic carbocycles. The SMILES string of the molecule is Cc1ccc(Nc2ccc(C(=O)O)c(C)n2)c(Br)c1. The number of rotatable bonds is 3. The van der Waals surface area contributed by atoms with Crippen LogP contribution in [0.1, 0.15) is 21.6 Å². The van der Waals surface area contributed by atoms with E-state index in [0.29, 0.717) is 11.5 Å². The highest BCUT2D eigenvalue weighted by Gasteiger charge is 2.09. The van der Waals surface area contributed by atoms with Crippen LogP contribution < -0.4 is 5.32 Å². The molecule has 0 bridgehead atoms. The van der Waals surface area contributed by atoms with Crippen molar-refractivity contribution in [2.24, 2.45) is 0 Å². The number of hydrogen-bond donors (Lipinski definition) is 2. The quantitative estimate of drug-likeness (QED) is 0.900. The lowest BCUT2D eigenvalue weighted by Crippen LogP contribution is -2.03. The van der Waals surface area contributed by atoms with Crippen LogP contribution in [0.5, 0.6) is 0 Å². The number of aromatic carboxylic acids is 1. The summed E-state index contributed by atoms with van der Waals surface area (Å²) in [6.45, 7) is 3.69. The van der Waals surface area contributed by atoms with Crippen molar-refractivity contribution < 1.29 is 9.90 Å². The van der Waals surface area contributed by atoms with Crippen molar-refractivity contribution in [1.29, 1.82) is 0 Å². The molecule has 0 saturated heterocycles. The van der Waals surface area contributed by atoms with Gasteiger partial charge in [-0.1, -0.05) is 6.07 Å². The van der Waals surface area contributed by atoms with E-state index in [1.165, 1.54) is 0 Å². The molecule has 4 nitrogen and oxygen atoms in total. The molecule has 0 atom stereocenters. The maximum Gasteiger partial charge on any atom is 0.337 e. The average Bonchev–Trinajstić information content (AvgIpc) is 2.32. The maximum absolute atomic E-state index is 10.9. The zero-order valence-electron chi connectivity index (χ0n) is 10.6. The number of benzene rings is 1. The monoisotopic (exact) mass is 320 g/mol. The Morgan fingerprint density at radius 3 is 2.58 bits per heavy atom. The lowest BCUT2D eigenvalue weighted by molar-refractivity contribution is 0.0695. The summed E-state index contributed by atoms with van der Waals surface area (Å²) in [6, 6.07) is 9.14. The standard InChI is InChI=1S/C14H13BrN2O2/c1-8-3-5-12(11(15)7-8)17-13-6-4-10(14(18)19)9(2)16-13/h3-7H,1-2H3,(H,16,17)(H,18,19). The molecule has 2 aromatic rings. The van der Waals surface area contributed by atoms with Crippen LogP contribution in [0.4, 0.5) is 11.5 Å². The number of pyridine rings is 1. The van der Waals surface area contributed by atoms with Gasteiger partial charge in [0, 0.05) is 4.47 Å². The molecule has 0 fully saturated rings. The van der Waals surface area contributed by atoms with Gasteiger partial charge in [0.2, 0.25) is 0 Å². The van der Waals surface area contributed by atoms with E-state index in [1.54, 1.807) is 19.1 Å². The van der Waals surface area contributed by atoms with Crippen molar-refractivity contribution in [3.8, 4) is 0 Å². The van der Waals surface area contributed by atoms with Crippen LogP contribution in [0, 0.1) is 13.8 Å². The average molecular weight is 321 g/mol. The molecule has 0 amide bonds. The molecule has 1 aromatic heterocycles. The van der Waals surface area contributed by atoms with Crippen molar-refractivity contribution in [3.63, 3.8) is 0 Å². The fraction of sp³-hybridized carbons (Fsp3) is 0.143. The molecule has 0 unspecified atom stereocenters. The van der Waals surface area contributed by atoms with Crippen LogP contribution in [0.2, 0.25) is 0 Å². The van der Waals surface area contributed by atoms with E-state index in [4.69, 9.17) is 5.11 Å². The first-order valence-electron chi connectivity index (χ1n) is 5.71. The normalized spacial score (nSPS) is 10.3. The Kier molecular flexibility index (Phi) is 3.85. The third-order valence-corrected chi connectivity index (χ3v) is 3.36. The highest BCUT2D eigenvalue weighted by Crippen LogP contribution is 2.26. The number of carbonyl (C=O) groups is 1. The van der Waals surface area contributed by atoms with Crippen LogP contribution in [-0.2, 0) is 0 Å². The number of carboxylic acids is 1. The Morgan fingerprint density at radius 1 is 1.26 bits per heavy atom. The number of carboxylic acid groups (broad SMARTS) is 1. The van der Waals surface area contributed by atoms with E-state index in [9.17, 15) is 4.79 Å². The Balaban J connectivity index is 2.29. The summed E-state index contributed by atoms with van der Waals surface area (Å²) in [5.74, 6) is -0.347. The summed E-state index contributed by atoms with van der Waals surface area (Å²) < 4.78 is 0.939. The molecule has 0 saturated carbocycles. The van der Waals surface area contributed by atoms with Gasteiger partial charge in [0.25, 0.3) is 0 Å². The number of nitrogens with one attached hydrogen (secondary N) is 1. The van der Waals surface area contributed by atoms with E-state index in [0.717, 1.165) is 15.7 Å². The van der Waals surface area contributed by atoms with E-state index in [1.807, 2.05) is 25.1 Å². The van der Waals surface area contributed by atoms with E-state index in [-0.39, 0.29) is 5.56 Å². The van der Waals surface area contributed by atoms with Gasteiger partial charge < -0.3 is 10.4 Å². The number of aryl methyl sites for hydroxylation is 2. The number of aromatic nitrogens is 1. The van der Waals surface area contributed by atoms with Crippen LogP contribution in [0.15, 0.2) is 34.8 Å². The van der Waals surface area contributed by atoms with Crippen molar-refractivity contribution in [2.75, 3.05) is 5.32 Å². The lowest BCUT2D eigenvalue weighted by Gasteiger charge is -2.10. The maximum atomic E-state index is 10.9. The third kappa shape index (κ3) is 3.12. The minimum absolute atomic E-state index is 0.216. The number of nitrogens with zero attached hydrogens (tertiary/aromatic N) is 1. The topological polar surface area (TPSA) is 62.2 Å². The van der Waals surface area contributed by atoms with Gasteiger partial charge in [-0.3, -0.25) is 0 Å². The molecule has 5 heteroatoms. The Bertz CT molecular complexity index is 641. The summed E-state index contributed by atoms with van der Waals surface area (Å²) >= 11 is 3.48. The van der Waals surface area contributed by atoms with Crippen molar-refractivity contribution in [2.45, 2.75) is 13.8 Å². The minimum Gasteiger partial charge on any atom is -0.478 e. The molecule has 98 valence electrons. The zero-order chi connectivity index (χ0) is 14.0. The second kappa shape index (κ2) is 5.40. The van der Waals surface area contributed by atoms with Crippen molar-refractivity contribution >= 4 is 33.4 Å². The van der Waals surface area contributed by atoms with E-state index in [2.05, 4.69) is 26.2 Å². The number of anilines is 2. The molecule has 2 N–H and O–H groups in total. The fourth-order valence-electron chi connectivity index (χ4n) is 1.72. The zero-order valence-corrected chi connectivity index (χ0v) is 12.2. The lowest BCUT2D eigenvalue weighted by atomic mass is 10.2. The summed E-state index contributed by atoms with van der Waals surface area (Å²) in [4.78, 5) is 15.2. The summed E-state index contributed by atoms with van der Waals surface area (Å²) in [7, 11) is 0. The summed E-state index contributed by atoms with van der Waals surface area (Å²) in [5, 5.41) is 12.1. The minimum atomic E-state index is -0.965. The van der Waals surface area contributed by atoms with Crippen LogP contribution in [-0.4, -0.2) is 16.1 Å². The molecule has 19 heavy (non-hydrogen) atoms. The first kappa shape index (κ1) is 13.5. The Labute approximate surface area is 119 Å². The van der Waals surface area contributed by atoms with Gasteiger partial charge in [-0.25, -0.2) is 9.78 Å². The molecule has 1 heterocycles. The molecule has 0 spiro atoms. The Morgan fingerprint density at radius 2 is 2.00 bits per heavy atom. The van der Waals surface area contributed by atoms with E-state index >= 15 is 0 Å². The largest absolute Gasteiger partial charge is 0.478 e. The van der Waals surface area contributed by atoms with Gasteiger partial charge in [-0.15, -0.1) is 0 Å². The molecule has 0 aliphatic rings. The fourth-order valence-corrected chi connectivity index (χ4v) is 2.31. The molecule has 0 radical (unpaired) electrons. The molecule has 0 aliphatic heterocycles. The first-order chi connectivity index (χ1) is 8.97. The van der Waals surface area contributed by atoms with Gasteiger partial charge in [-0.05, 0) is 59.6 Å². The summed E-state index contributed by atoms with van der Waals surface area (Å²) in [5.41, 5.74) is 2.75. The third-order valence-electron chi connectivity index (χ3n) is 2.70. The Hall–Kier alpha value is -1.88. The molecular formula is C14H13BrN2O2.